The van der Waals surface area contributed by atoms with Gasteiger partial charge in [-0.05, 0) is 30.7 Å². The van der Waals surface area contributed by atoms with E-state index in [1.54, 1.807) is 0 Å². The van der Waals surface area contributed by atoms with Crippen LogP contribution < -0.4 is 5.32 Å². The zero-order chi connectivity index (χ0) is 11.3. The third-order valence-electron chi connectivity index (χ3n) is 2.51. The number of rotatable bonds is 5. The van der Waals surface area contributed by atoms with E-state index in [4.69, 9.17) is 0 Å². The van der Waals surface area contributed by atoms with Gasteiger partial charge in [0.2, 0.25) is 0 Å². The molecule has 1 nitrogen and oxygen atoms in total. The lowest BCUT2D eigenvalue weighted by atomic mass is 10.1. The first kappa shape index (κ1) is 12.1. The number of benzene rings is 1. The van der Waals surface area contributed by atoms with Crippen LogP contribution in [0.4, 0.5) is 8.78 Å². The van der Waals surface area contributed by atoms with Crippen LogP contribution in [0.3, 0.4) is 0 Å². The largest absolute Gasteiger partial charge is 0.312 e. The highest BCUT2D eigenvalue weighted by Crippen LogP contribution is 2.09. The first-order valence-corrected chi connectivity index (χ1v) is 5.28. The first-order valence-electron chi connectivity index (χ1n) is 5.28. The fraction of sp³-hybridized carbons (Fsp3) is 0.500. The summed E-state index contributed by atoms with van der Waals surface area (Å²) in [6, 6.07) is 3.53. The van der Waals surface area contributed by atoms with Crippen LogP contribution in [0.1, 0.15) is 25.8 Å². The van der Waals surface area contributed by atoms with Crippen LogP contribution in [0.2, 0.25) is 0 Å². The molecule has 0 aromatic heterocycles. The van der Waals surface area contributed by atoms with Gasteiger partial charge in [0.15, 0.2) is 0 Å². The van der Waals surface area contributed by atoms with Crippen molar-refractivity contribution in [3.63, 3.8) is 0 Å². The van der Waals surface area contributed by atoms with Crippen molar-refractivity contribution in [2.24, 2.45) is 5.92 Å². The summed E-state index contributed by atoms with van der Waals surface area (Å²) in [6.45, 7) is 5.43. The Hall–Kier alpha value is -0.960. The predicted octanol–water partition coefficient (Wildman–Crippen LogP) is 3.10. The Labute approximate surface area is 89.5 Å². The topological polar surface area (TPSA) is 12.0 Å². The van der Waals surface area contributed by atoms with Crippen LogP contribution in [0, 0.1) is 17.6 Å². The maximum atomic E-state index is 13.2. The predicted molar refractivity (Wildman–Crippen MR) is 57.5 cm³/mol. The standard InChI is InChI=1S/C12H17F2N/c1-3-9(2)7-15-8-10-6-11(13)4-5-12(10)14/h4-6,9,15H,3,7-8H2,1-2H3/t9-/m1/s1. The lowest BCUT2D eigenvalue weighted by Gasteiger charge is -2.10. The Morgan fingerprint density at radius 2 is 2.07 bits per heavy atom. The highest BCUT2D eigenvalue weighted by molar-refractivity contribution is 5.18. The number of hydrogen-bond donors (Lipinski definition) is 1. The van der Waals surface area contributed by atoms with Gasteiger partial charge in [0.1, 0.15) is 11.6 Å². The SMILES string of the molecule is CC[C@@H](C)CNCc1cc(F)ccc1F. The number of hydrogen-bond acceptors (Lipinski definition) is 1. The highest BCUT2D eigenvalue weighted by Gasteiger charge is 2.04. The summed E-state index contributed by atoms with van der Waals surface area (Å²) in [6.07, 6.45) is 1.08. The molecule has 0 unspecified atom stereocenters. The summed E-state index contributed by atoms with van der Waals surface area (Å²) < 4.78 is 26.0. The van der Waals surface area contributed by atoms with Crippen molar-refractivity contribution in [3.8, 4) is 0 Å². The molecule has 0 amide bonds. The van der Waals surface area contributed by atoms with Crippen LogP contribution in [-0.4, -0.2) is 6.54 Å². The molecule has 1 aromatic rings. The second-order valence-electron chi connectivity index (χ2n) is 3.88. The fourth-order valence-corrected chi connectivity index (χ4v) is 1.28. The van der Waals surface area contributed by atoms with Gasteiger partial charge < -0.3 is 5.32 Å². The van der Waals surface area contributed by atoms with E-state index in [1.165, 1.54) is 6.07 Å². The van der Waals surface area contributed by atoms with Gasteiger partial charge in [-0.15, -0.1) is 0 Å². The van der Waals surface area contributed by atoms with Crippen molar-refractivity contribution in [3.05, 3.63) is 35.4 Å². The Balaban J connectivity index is 2.46. The van der Waals surface area contributed by atoms with E-state index < -0.39 is 5.82 Å². The minimum absolute atomic E-state index is 0.354. The Bertz CT molecular complexity index is 312. The van der Waals surface area contributed by atoms with E-state index in [0.717, 1.165) is 25.1 Å². The summed E-state index contributed by atoms with van der Waals surface area (Å²) in [5, 5.41) is 3.11. The van der Waals surface area contributed by atoms with E-state index in [9.17, 15) is 8.78 Å². The molecule has 3 heteroatoms. The molecule has 1 aromatic carbocycles. The van der Waals surface area contributed by atoms with Gasteiger partial charge in [-0.25, -0.2) is 8.78 Å². The summed E-state index contributed by atoms with van der Waals surface area (Å²) in [7, 11) is 0. The molecule has 1 atom stereocenters. The van der Waals surface area contributed by atoms with Gasteiger partial charge in [-0.2, -0.15) is 0 Å². The molecule has 0 heterocycles. The van der Waals surface area contributed by atoms with E-state index >= 15 is 0 Å². The average molecular weight is 213 g/mol. The summed E-state index contributed by atoms with van der Waals surface area (Å²) in [5.74, 6) is -0.189. The number of nitrogens with one attached hydrogen (secondary N) is 1. The van der Waals surface area contributed by atoms with Crippen molar-refractivity contribution in [1.29, 1.82) is 0 Å². The lowest BCUT2D eigenvalue weighted by Crippen LogP contribution is -2.20. The van der Waals surface area contributed by atoms with E-state index in [1.807, 2.05) is 0 Å². The Morgan fingerprint density at radius 1 is 1.33 bits per heavy atom. The normalized spacial score (nSPS) is 12.8. The molecule has 0 fully saturated rings. The molecule has 1 rings (SSSR count). The van der Waals surface area contributed by atoms with E-state index in [0.29, 0.717) is 18.0 Å². The fourth-order valence-electron chi connectivity index (χ4n) is 1.28. The minimum Gasteiger partial charge on any atom is -0.312 e. The van der Waals surface area contributed by atoms with Gasteiger partial charge in [-0.1, -0.05) is 20.3 Å². The molecule has 84 valence electrons. The molecular formula is C12H17F2N. The molecule has 0 radical (unpaired) electrons. The molecule has 0 aliphatic carbocycles. The Kier molecular flexibility index (Phi) is 4.69. The number of halogens is 2. The van der Waals surface area contributed by atoms with Gasteiger partial charge in [0.25, 0.3) is 0 Å². The smallest absolute Gasteiger partial charge is 0.127 e. The van der Waals surface area contributed by atoms with Crippen LogP contribution in [0.5, 0.6) is 0 Å². The maximum Gasteiger partial charge on any atom is 0.127 e. The molecule has 0 saturated heterocycles. The molecule has 1 N–H and O–H groups in total. The van der Waals surface area contributed by atoms with Gasteiger partial charge in [0, 0.05) is 12.1 Å². The summed E-state index contributed by atoms with van der Waals surface area (Å²) in [4.78, 5) is 0. The second kappa shape index (κ2) is 5.81. The maximum absolute atomic E-state index is 13.2. The summed E-state index contributed by atoms with van der Waals surface area (Å²) in [5.41, 5.74) is 0.387. The van der Waals surface area contributed by atoms with Crippen molar-refractivity contribution < 1.29 is 8.78 Å². The van der Waals surface area contributed by atoms with Crippen molar-refractivity contribution in [2.45, 2.75) is 26.8 Å². The highest BCUT2D eigenvalue weighted by atomic mass is 19.1. The quantitative estimate of drug-likeness (QED) is 0.792. The monoisotopic (exact) mass is 213 g/mol. The third-order valence-corrected chi connectivity index (χ3v) is 2.51. The molecule has 0 aliphatic heterocycles. The zero-order valence-electron chi connectivity index (χ0n) is 9.19. The second-order valence-corrected chi connectivity index (χ2v) is 3.88. The van der Waals surface area contributed by atoms with Gasteiger partial charge in [-0.3, -0.25) is 0 Å². The van der Waals surface area contributed by atoms with E-state index in [-0.39, 0.29) is 5.82 Å². The van der Waals surface area contributed by atoms with Crippen molar-refractivity contribution >= 4 is 0 Å². The van der Waals surface area contributed by atoms with Gasteiger partial charge in [0.05, 0.1) is 0 Å². The molecule has 0 spiro atoms. The summed E-state index contributed by atoms with van der Waals surface area (Å²) >= 11 is 0. The van der Waals surface area contributed by atoms with E-state index in [2.05, 4.69) is 19.2 Å². The molecule has 0 saturated carbocycles. The molecule has 0 aliphatic rings. The van der Waals surface area contributed by atoms with Crippen molar-refractivity contribution in [2.75, 3.05) is 6.54 Å². The first-order chi connectivity index (χ1) is 7.13. The molecule has 15 heavy (non-hydrogen) atoms. The molecular weight excluding hydrogens is 196 g/mol. The van der Waals surface area contributed by atoms with Crippen molar-refractivity contribution in [1.82, 2.24) is 5.32 Å². The van der Waals surface area contributed by atoms with Crippen LogP contribution in [-0.2, 0) is 6.54 Å². The minimum atomic E-state index is -0.392. The van der Waals surface area contributed by atoms with Gasteiger partial charge >= 0.3 is 0 Å². The lowest BCUT2D eigenvalue weighted by molar-refractivity contribution is 0.490. The average Bonchev–Trinajstić information content (AvgIpc) is 2.23. The molecule has 0 bridgehead atoms. The van der Waals surface area contributed by atoms with Crippen LogP contribution in [0.15, 0.2) is 18.2 Å². The van der Waals surface area contributed by atoms with Crippen LogP contribution >= 0.6 is 0 Å². The zero-order valence-corrected chi connectivity index (χ0v) is 9.19. The third kappa shape index (κ3) is 3.96. The Morgan fingerprint density at radius 3 is 2.73 bits per heavy atom. The van der Waals surface area contributed by atoms with Crippen LogP contribution in [0.25, 0.3) is 0 Å².